The quantitative estimate of drug-likeness (QED) is 0.614. The molecule has 6 heteroatoms. The monoisotopic (exact) mass is 358 g/mol. The van der Waals surface area contributed by atoms with Crippen molar-refractivity contribution in [2.24, 2.45) is 10.9 Å². The summed E-state index contributed by atoms with van der Waals surface area (Å²) in [6, 6.07) is 10.2. The fraction of sp³-hybridized carbons (Fsp3) is 0.550. The smallest absolute Gasteiger partial charge is 0.191 e. The van der Waals surface area contributed by atoms with Crippen molar-refractivity contribution in [3.05, 3.63) is 36.1 Å². The van der Waals surface area contributed by atoms with Crippen LogP contribution >= 0.6 is 0 Å². The van der Waals surface area contributed by atoms with Crippen molar-refractivity contribution in [3.63, 3.8) is 0 Å². The van der Waals surface area contributed by atoms with E-state index < -0.39 is 0 Å². The van der Waals surface area contributed by atoms with E-state index in [4.69, 9.17) is 9.15 Å². The Morgan fingerprint density at radius 1 is 1.23 bits per heavy atom. The van der Waals surface area contributed by atoms with Crippen molar-refractivity contribution in [3.8, 4) is 0 Å². The number of morpholine rings is 1. The maximum atomic E-state index is 5.94. The lowest BCUT2D eigenvalue weighted by Crippen LogP contribution is -2.44. The van der Waals surface area contributed by atoms with Crippen molar-refractivity contribution < 1.29 is 9.15 Å². The minimum atomic E-state index is 0.0446. The second-order valence-corrected chi connectivity index (χ2v) is 7.02. The molecular weight excluding hydrogens is 328 g/mol. The van der Waals surface area contributed by atoms with E-state index in [1.807, 2.05) is 18.2 Å². The highest BCUT2D eigenvalue weighted by molar-refractivity contribution is 5.81. The normalized spacial score (nSPS) is 18.7. The lowest BCUT2D eigenvalue weighted by molar-refractivity contribution is 0.0320. The maximum Gasteiger partial charge on any atom is 0.191 e. The van der Waals surface area contributed by atoms with Gasteiger partial charge >= 0.3 is 0 Å². The third-order valence-electron chi connectivity index (χ3n) is 4.74. The highest BCUT2D eigenvalue weighted by Gasteiger charge is 2.16. The fourth-order valence-electron chi connectivity index (χ4n) is 3.25. The van der Waals surface area contributed by atoms with Gasteiger partial charge in [0.25, 0.3) is 0 Å². The molecule has 142 valence electrons. The first-order valence-corrected chi connectivity index (χ1v) is 9.41. The lowest BCUT2D eigenvalue weighted by Gasteiger charge is -2.29. The van der Waals surface area contributed by atoms with Crippen LogP contribution in [-0.2, 0) is 4.74 Å². The molecule has 2 N–H and O–H groups in total. The molecule has 2 aromatic rings. The van der Waals surface area contributed by atoms with Crippen LogP contribution in [0, 0.1) is 5.92 Å². The summed E-state index contributed by atoms with van der Waals surface area (Å²) >= 11 is 0. The van der Waals surface area contributed by atoms with Gasteiger partial charge in [-0.15, -0.1) is 0 Å². The molecule has 1 aromatic carbocycles. The molecule has 0 aliphatic carbocycles. The largest absolute Gasteiger partial charge is 0.459 e. The van der Waals surface area contributed by atoms with Crippen LogP contribution in [0.15, 0.2) is 39.7 Å². The van der Waals surface area contributed by atoms with E-state index in [0.717, 1.165) is 62.1 Å². The third-order valence-corrected chi connectivity index (χ3v) is 4.74. The van der Waals surface area contributed by atoms with Gasteiger partial charge in [-0.05, 0) is 25.0 Å². The summed E-state index contributed by atoms with van der Waals surface area (Å²) in [6.45, 7) is 10.0. The molecule has 2 atom stereocenters. The number of guanidine groups is 1. The van der Waals surface area contributed by atoms with Gasteiger partial charge in [0.2, 0.25) is 0 Å². The molecule has 0 saturated carbocycles. The number of para-hydroxylation sites is 1. The van der Waals surface area contributed by atoms with Gasteiger partial charge in [-0.2, -0.15) is 0 Å². The molecule has 1 fully saturated rings. The highest BCUT2D eigenvalue weighted by atomic mass is 16.5. The van der Waals surface area contributed by atoms with Gasteiger partial charge in [-0.3, -0.25) is 9.89 Å². The highest BCUT2D eigenvalue weighted by Crippen LogP contribution is 2.23. The summed E-state index contributed by atoms with van der Waals surface area (Å²) in [5, 5.41) is 7.97. The van der Waals surface area contributed by atoms with E-state index >= 15 is 0 Å². The van der Waals surface area contributed by atoms with Gasteiger partial charge in [0.05, 0.1) is 19.3 Å². The fourth-order valence-corrected chi connectivity index (χ4v) is 3.25. The van der Waals surface area contributed by atoms with Gasteiger partial charge in [-0.1, -0.05) is 25.1 Å². The van der Waals surface area contributed by atoms with Crippen LogP contribution < -0.4 is 10.6 Å². The molecular formula is C20H30N4O2. The molecule has 6 nitrogen and oxygen atoms in total. The average molecular weight is 358 g/mol. The number of rotatable bonds is 6. The number of furan rings is 1. The first kappa shape index (κ1) is 18.7. The Labute approximate surface area is 155 Å². The van der Waals surface area contributed by atoms with E-state index in [1.54, 1.807) is 7.05 Å². The number of hydrogen-bond acceptors (Lipinski definition) is 4. The first-order valence-electron chi connectivity index (χ1n) is 9.41. The van der Waals surface area contributed by atoms with Crippen LogP contribution in [0.25, 0.3) is 11.0 Å². The molecule has 2 heterocycles. The number of benzene rings is 1. The SMILES string of the molecule is CN=C(NCC(C)CN1CCOCC1)NC(C)c1cc2ccccc2o1. The molecule has 3 rings (SSSR count). The maximum absolute atomic E-state index is 5.94. The van der Waals surface area contributed by atoms with Crippen LogP contribution in [-0.4, -0.2) is 57.3 Å². The number of aliphatic imine (C=N–C) groups is 1. The minimum Gasteiger partial charge on any atom is -0.459 e. The standard InChI is InChI=1S/C20H30N4O2/c1-15(14-24-8-10-25-11-9-24)13-22-20(21-3)23-16(2)19-12-17-6-4-5-7-18(17)26-19/h4-7,12,15-16H,8-11,13-14H2,1-3H3,(H2,21,22,23). The van der Waals surface area contributed by atoms with Crippen molar-refractivity contribution in [1.82, 2.24) is 15.5 Å². The van der Waals surface area contributed by atoms with Gasteiger partial charge in [0.15, 0.2) is 5.96 Å². The molecule has 0 spiro atoms. The molecule has 1 saturated heterocycles. The van der Waals surface area contributed by atoms with Crippen LogP contribution in [0.4, 0.5) is 0 Å². The number of nitrogens with one attached hydrogen (secondary N) is 2. The zero-order chi connectivity index (χ0) is 18.4. The Bertz CT molecular complexity index is 688. The van der Waals surface area contributed by atoms with Crippen molar-refractivity contribution >= 4 is 16.9 Å². The summed E-state index contributed by atoms with van der Waals surface area (Å²) < 4.78 is 11.3. The Morgan fingerprint density at radius 3 is 2.73 bits per heavy atom. The van der Waals surface area contributed by atoms with E-state index in [9.17, 15) is 0 Å². The number of ether oxygens (including phenoxy) is 1. The number of fused-ring (bicyclic) bond motifs is 1. The number of hydrogen-bond donors (Lipinski definition) is 2. The summed E-state index contributed by atoms with van der Waals surface area (Å²) in [6.07, 6.45) is 0. The van der Waals surface area contributed by atoms with Crippen molar-refractivity contribution in [2.45, 2.75) is 19.9 Å². The molecule has 26 heavy (non-hydrogen) atoms. The summed E-state index contributed by atoms with van der Waals surface area (Å²) in [7, 11) is 1.80. The molecule has 1 aliphatic rings. The summed E-state index contributed by atoms with van der Waals surface area (Å²) in [5.74, 6) is 2.25. The van der Waals surface area contributed by atoms with Crippen molar-refractivity contribution in [2.75, 3.05) is 46.4 Å². The van der Waals surface area contributed by atoms with E-state index in [0.29, 0.717) is 5.92 Å². The summed E-state index contributed by atoms with van der Waals surface area (Å²) in [4.78, 5) is 6.81. The predicted molar refractivity (Wildman–Crippen MR) is 106 cm³/mol. The topological polar surface area (TPSA) is 62.0 Å². The molecule has 0 amide bonds. The van der Waals surface area contributed by atoms with E-state index in [1.165, 1.54) is 0 Å². The van der Waals surface area contributed by atoms with Crippen LogP contribution in [0.5, 0.6) is 0 Å². The molecule has 0 radical (unpaired) electrons. The predicted octanol–water partition coefficient (Wildman–Crippen LogP) is 2.63. The summed E-state index contributed by atoms with van der Waals surface area (Å²) in [5.41, 5.74) is 0.915. The third kappa shape index (κ3) is 4.99. The van der Waals surface area contributed by atoms with Crippen LogP contribution in [0.2, 0.25) is 0 Å². The Balaban J connectivity index is 1.49. The Morgan fingerprint density at radius 2 is 2.00 bits per heavy atom. The Hall–Kier alpha value is -2.05. The van der Waals surface area contributed by atoms with Gasteiger partial charge in [0, 0.05) is 38.6 Å². The Kier molecular flexibility index (Phi) is 6.52. The second-order valence-electron chi connectivity index (χ2n) is 7.02. The van der Waals surface area contributed by atoms with E-state index in [2.05, 4.69) is 46.5 Å². The van der Waals surface area contributed by atoms with E-state index in [-0.39, 0.29) is 6.04 Å². The van der Waals surface area contributed by atoms with Crippen LogP contribution in [0.1, 0.15) is 25.6 Å². The molecule has 0 bridgehead atoms. The zero-order valence-electron chi connectivity index (χ0n) is 16.0. The van der Waals surface area contributed by atoms with Gasteiger partial charge in [0.1, 0.15) is 11.3 Å². The van der Waals surface area contributed by atoms with Gasteiger partial charge in [-0.25, -0.2) is 0 Å². The van der Waals surface area contributed by atoms with Gasteiger partial charge < -0.3 is 19.8 Å². The van der Waals surface area contributed by atoms with Crippen LogP contribution in [0.3, 0.4) is 0 Å². The minimum absolute atomic E-state index is 0.0446. The average Bonchev–Trinajstić information content (AvgIpc) is 3.10. The van der Waals surface area contributed by atoms with Crippen molar-refractivity contribution in [1.29, 1.82) is 0 Å². The molecule has 1 aromatic heterocycles. The molecule has 2 unspecified atom stereocenters. The zero-order valence-corrected chi connectivity index (χ0v) is 16.0. The second kappa shape index (κ2) is 9.05. The molecule has 1 aliphatic heterocycles. The lowest BCUT2D eigenvalue weighted by atomic mass is 10.1. The first-order chi connectivity index (χ1) is 12.7. The number of nitrogens with zero attached hydrogens (tertiary/aromatic N) is 2.